The Bertz CT molecular complexity index is 738. The number of sulfonamides is 1. The van der Waals surface area contributed by atoms with Gasteiger partial charge < -0.3 is 15.2 Å². The molecule has 1 saturated heterocycles. The summed E-state index contributed by atoms with van der Waals surface area (Å²) in [5.41, 5.74) is 0.349. The molecule has 0 spiro atoms. The molecule has 1 aliphatic rings. The fraction of sp³-hybridized carbons (Fsp3) is 0.467. The van der Waals surface area contributed by atoms with Crippen LogP contribution < -0.4 is 10.1 Å². The second kappa shape index (κ2) is 7.18. The van der Waals surface area contributed by atoms with Gasteiger partial charge in [-0.15, -0.1) is 0 Å². The van der Waals surface area contributed by atoms with Gasteiger partial charge in [0, 0.05) is 25.7 Å². The normalized spacial score (nSPS) is 16.6. The summed E-state index contributed by atoms with van der Waals surface area (Å²) in [5, 5.41) is 11.6. The molecule has 2 N–H and O–H groups in total. The molecule has 0 saturated carbocycles. The molecule has 9 heteroatoms. The number of nitrogens with one attached hydrogen (secondary N) is 1. The molecule has 0 atom stereocenters. The van der Waals surface area contributed by atoms with E-state index in [1.54, 1.807) is 6.07 Å². The topological polar surface area (TPSA) is 113 Å². The van der Waals surface area contributed by atoms with Gasteiger partial charge in [0.15, 0.2) is 0 Å². The van der Waals surface area contributed by atoms with Crippen LogP contribution in [0.5, 0.6) is 5.75 Å². The summed E-state index contributed by atoms with van der Waals surface area (Å²) in [6.07, 6.45) is 0.532. The van der Waals surface area contributed by atoms with Crippen molar-refractivity contribution in [3.8, 4) is 5.75 Å². The molecule has 1 fully saturated rings. The van der Waals surface area contributed by atoms with Gasteiger partial charge in [0.2, 0.25) is 15.9 Å². The first kappa shape index (κ1) is 18.2. The highest BCUT2D eigenvalue weighted by molar-refractivity contribution is 7.89. The Kier molecular flexibility index (Phi) is 5.45. The number of rotatable bonds is 5. The van der Waals surface area contributed by atoms with Crippen molar-refractivity contribution >= 4 is 27.6 Å². The molecule has 0 aliphatic carbocycles. The smallest absolute Gasteiger partial charge is 0.306 e. The molecule has 8 nitrogen and oxygen atoms in total. The van der Waals surface area contributed by atoms with E-state index in [1.807, 2.05) is 0 Å². The third kappa shape index (κ3) is 3.85. The van der Waals surface area contributed by atoms with Crippen LogP contribution in [0.3, 0.4) is 0 Å². The van der Waals surface area contributed by atoms with Crippen LogP contribution in [0, 0.1) is 5.92 Å². The van der Waals surface area contributed by atoms with Crippen molar-refractivity contribution in [1.29, 1.82) is 0 Å². The highest BCUT2D eigenvalue weighted by Gasteiger charge is 2.33. The molecule has 132 valence electrons. The number of ether oxygens (including phenoxy) is 1. The van der Waals surface area contributed by atoms with Gasteiger partial charge in [-0.2, -0.15) is 4.31 Å². The van der Waals surface area contributed by atoms with Gasteiger partial charge in [0.1, 0.15) is 10.6 Å². The number of piperidine rings is 1. The first-order chi connectivity index (χ1) is 11.3. The summed E-state index contributed by atoms with van der Waals surface area (Å²) in [7, 11) is -2.48. The molecule has 1 aromatic carbocycles. The Hall–Kier alpha value is -2.13. The average molecular weight is 356 g/mol. The third-order valence-electron chi connectivity index (χ3n) is 3.90. The molecule has 1 heterocycles. The third-order valence-corrected chi connectivity index (χ3v) is 5.82. The molecule has 0 unspecified atom stereocenters. The van der Waals surface area contributed by atoms with E-state index in [4.69, 9.17) is 9.84 Å². The molecule has 0 bridgehead atoms. The van der Waals surface area contributed by atoms with E-state index in [-0.39, 0.29) is 42.5 Å². The quantitative estimate of drug-likeness (QED) is 0.818. The molecule has 24 heavy (non-hydrogen) atoms. The molecule has 1 aromatic rings. The number of nitrogens with zero attached hydrogens (tertiary/aromatic N) is 1. The summed E-state index contributed by atoms with van der Waals surface area (Å²) in [5.74, 6) is -1.57. The minimum absolute atomic E-state index is 0.0509. The van der Waals surface area contributed by atoms with E-state index in [9.17, 15) is 18.0 Å². The summed E-state index contributed by atoms with van der Waals surface area (Å²) >= 11 is 0. The van der Waals surface area contributed by atoms with Gasteiger partial charge in [0.25, 0.3) is 0 Å². The lowest BCUT2D eigenvalue weighted by Gasteiger charge is -2.29. The van der Waals surface area contributed by atoms with Crippen LogP contribution in [0.15, 0.2) is 23.1 Å². The van der Waals surface area contributed by atoms with Gasteiger partial charge in [-0.1, -0.05) is 0 Å². The van der Waals surface area contributed by atoms with Crippen LogP contribution in [-0.4, -0.2) is 49.9 Å². The molecule has 0 aromatic heterocycles. The number of carbonyl (C=O) groups is 2. The number of hydrogen-bond donors (Lipinski definition) is 2. The second-order valence-electron chi connectivity index (χ2n) is 5.56. The van der Waals surface area contributed by atoms with E-state index in [0.29, 0.717) is 5.69 Å². The Morgan fingerprint density at radius 3 is 2.42 bits per heavy atom. The number of anilines is 1. The summed E-state index contributed by atoms with van der Waals surface area (Å²) < 4.78 is 32.1. The maximum atomic E-state index is 12.9. The number of amides is 1. The molecular weight excluding hydrogens is 336 g/mol. The van der Waals surface area contributed by atoms with E-state index in [1.165, 1.54) is 30.5 Å². The van der Waals surface area contributed by atoms with Gasteiger partial charge in [-0.05, 0) is 31.0 Å². The number of carboxylic acid groups (broad SMARTS) is 1. The van der Waals surface area contributed by atoms with Crippen molar-refractivity contribution in [2.24, 2.45) is 5.92 Å². The SMILES string of the molecule is COc1ccc(NC(C)=O)cc1S(=O)(=O)N1CCC(C(=O)O)CC1. The fourth-order valence-electron chi connectivity index (χ4n) is 2.64. The second-order valence-corrected chi connectivity index (χ2v) is 7.47. The van der Waals surface area contributed by atoms with Crippen molar-refractivity contribution in [3.63, 3.8) is 0 Å². The number of aliphatic carboxylic acids is 1. The summed E-state index contributed by atoms with van der Waals surface area (Å²) in [6.45, 7) is 1.59. The van der Waals surface area contributed by atoms with Gasteiger partial charge in [-0.25, -0.2) is 8.42 Å². The maximum absolute atomic E-state index is 12.9. The molecule has 2 rings (SSSR count). The largest absolute Gasteiger partial charge is 0.495 e. The molecule has 0 radical (unpaired) electrons. The van der Waals surface area contributed by atoms with E-state index < -0.39 is 21.9 Å². The van der Waals surface area contributed by atoms with Crippen molar-refractivity contribution in [2.45, 2.75) is 24.7 Å². The monoisotopic (exact) mass is 356 g/mol. The van der Waals surface area contributed by atoms with Gasteiger partial charge >= 0.3 is 5.97 Å². The van der Waals surface area contributed by atoms with Crippen molar-refractivity contribution in [1.82, 2.24) is 4.31 Å². The first-order valence-electron chi connectivity index (χ1n) is 7.44. The lowest BCUT2D eigenvalue weighted by molar-refractivity contribution is -0.142. The van der Waals surface area contributed by atoms with Gasteiger partial charge in [0.05, 0.1) is 13.0 Å². The van der Waals surface area contributed by atoms with Gasteiger partial charge in [-0.3, -0.25) is 9.59 Å². The highest BCUT2D eigenvalue weighted by Crippen LogP contribution is 2.32. The van der Waals surface area contributed by atoms with Crippen LogP contribution in [0.25, 0.3) is 0 Å². The predicted molar refractivity (Wildman–Crippen MR) is 86.4 cm³/mol. The average Bonchev–Trinajstić information content (AvgIpc) is 2.54. The zero-order chi connectivity index (χ0) is 17.9. The lowest BCUT2D eigenvalue weighted by Crippen LogP contribution is -2.40. The standard InChI is InChI=1S/C15H20N2O6S/c1-10(18)16-12-3-4-13(23-2)14(9-12)24(21,22)17-7-5-11(6-8-17)15(19)20/h3-4,9,11H,5-8H2,1-2H3,(H,16,18)(H,19,20). The Balaban J connectivity index is 2.31. The zero-order valence-corrected chi connectivity index (χ0v) is 14.3. The summed E-state index contributed by atoms with van der Waals surface area (Å²) in [4.78, 5) is 22.1. The van der Waals surface area contributed by atoms with Crippen LogP contribution >= 0.6 is 0 Å². The van der Waals surface area contributed by atoms with Crippen LogP contribution in [0.2, 0.25) is 0 Å². The maximum Gasteiger partial charge on any atom is 0.306 e. The zero-order valence-electron chi connectivity index (χ0n) is 13.5. The van der Waals surface area contributed by atoms with Crippen molar-refractivity contribution in [3.05, 3.63) is 18.2 Å². The molecule has 1 amide bonds. The lowest BCUT2D eigenvalue weighted by atomic mass is 9.99. The molecule has 1 aliphatic heterocycles. The van der Waals surface area contributed by atoms with E-state index in [0.717, 1.165) is 0 Å². The number of benzene rings is 1. The summed E-state index contributed by atoms with van der Waals surface area (Å²) in [6, 6.07) is 4.37. The fourth-order valence-corrected chi connectivity index (χ4v) is 4.29. The van der Waals surface area contributed by atoms with Crippen LogP contribution in [0.4, 0.5) is 5.69 Å². The Morgan fingerprint density at radius 1 is 1.29 bits per heavy atom. The highest BCUT2D eigenvalue weighted by atomic mass is 32.2. The number of carboxylic acids is 1. The van der Waals surface area contributed by atoms with E-state index in [2.05, 4.69) is 5.32 Å². The Morgan fingerprint density at radius 2 is 1.92 bits per heavy atom. The van der Waals surface area contributed by atoms with E-state index >= 15 is 0 Å². The minimum Gasteiger partial charge on any atom is -0.495 e. The number of hydrogen-bond acceptors (Lipinski definition) is 5. The predicted octanol–water partition coefficient (Wildman–Crippen LogP) is 1.14. The number of carbonyl (C=O) groups excluding carboxylic acids is 1. The van der Waals surface area contributed by atoms with Crippen molar-refractivity contribution < 1.29 is 27.9 Å². The first-order valence-corrected chi connectivity index (χ1v) is 8.88. The van der Waals surface area contributed by atoms with Crippen LogP contribution in [0.1, 0.15) is 19.8 Å². The minimum atomic E-state index is -3.85. The molecular formula is C15H20N2O6S. The van der Waals surface area contributed by atoms with Crippen molar-refractivity contribution in [2.75, 3.05) is 25.5 Å². The van der Waals surface area contributed by atoms with Crippen LogP contribution in [-0.2, 0) is 19.6 Å². The Labute approximate surface area is 140 Å². The number of methoxy groups -OCH3 is 1.